The molecule has 2 atom stereocenters. The molecular weight excluding hydrogens is 452 g/mol. The van der Waals surface area contributed by atoms with Crippen LogP contribution in [0, 0.1) is 0 Å². The summed E-state index contributed by atoms with van der Waals surface area (Å²) >= 11 is 1.44. The second-order valence-corrected chi connectivity index (χ2v) is 10.8. The van der Waals surface area contributed by atoms with Gasteiger partial charge in [-0.15, -0.1) is 0 Å². The second-order valence-electron chi connectivity index (χ2n) is 9.76. The quantitative estimate of drug-likeness (QED) is 0.213. The summed E-state index contributed by atoms with van der Waals surface area (Å²) in [5.41, 5.74) is 3.31. The SMILES string of the molecule is CC(C)=CCC/C(C)=C/CC/C(C)=C/CSC[C@H](NC(=O)[C@H](C)NC(=O)OC(C)(C)C)C(=O)O. The number of hydrogen-bond donors (Lipinski definition) is 3. The highest BCUT2D eigenvalue weighted by Gasteiger charge is 2.25. The Morgan fingerprint density at radius 1 is 0.941 bits per heavy atom. The van der Waals surface area contributed by atoms with Gasteiger partial charge in [0.15, 0.2) is 0 Å². The minimum atomic E-state index is -1.11. The molecule has 0 fully saturated rings. The number of carbonyl (C=O) groups excluding carboxylic acids is 2. The fourth-order valence-corrected chi connectivity index (χ4v) is 3.75. The maximum atomic E-state index is 12.3. The van der Waals surface area contributed by atoms with E-state index >= 15 is 0 Å². The number of carboxylic acid groups (broad SMARTS) is 1. The Balaban J connectivity index is 4.44. The lowest BCUT2D eigenvalue weighted by Gasteiger charge is -2.22. The first-order valence-electron chi connectivity index (χ1n) is 11.8. The van der Waals surface area contributed by atoms with Gasteiger partial charge in [0.2, 0.25) is 5.91 Å². The molecule has 0 rings (SSSR count). The van der Waals surface area contributed by atoms with E-state index in [0.29, 0.717) is 5.75 Å². The summed E-state index contributed by atoms with van der Waals surface area (Å²) in [7, 11) is 0. The molecule has 0 saturated heterocycles. The Labute approximate surface area is 209 Å². The Kier molecular flexibility index (Phi) is 15.3. The Bertz CT molecular complexity index is 762. The molecule has 0 spiro atoms. The average Bonchev–Trinajstić information content (AvgIpc) is 2.67. The van der Waals surface area contributed by atoms with E-state index in [9.17, 15) is 19.5 Å². The smallest absolute Gasteiger partial charge is 0.408 e. The van der Waals surface area contributed by atoms with Crippen LogP contribution >= 0.6 is 11.8 Å². The largest absolute Gasteiger partial charge is 0.480 e. The lowest BCUT2D eigenvalue weighted by Crippen LogP contribution is -2.51. The molecule has 0 aliphatic rings. The monoisotopic (exact) mass is 496 g/mol. The van der Waals surface area contributed by atoms with Crippen LogP contribution < -0.4 is 10.6 Å². The minimum Gasteiger partial charge on any atom is -0.480 e. The van der Waals surface area contributed by atoms with Gasteiger partial charge in [-0.25, -0.2) is 9.59 Å². The van der Waals surface area contributed by atoms with Gasteiger partial charge in [0.05, 0.1) is 0 Å². The molecule has 34 heavy (non-hydrogen) atoms. The van der Waals surface area contributed by atoms with Crippen molar-refractivity contribution in [1.29, 1.82) is 0 Å². The zero-order valence-electron chi connectivity index (χ0n) is 22.1. The van der Waals surface area contributed by atoms with Crippen molar-refractivity contribution in [3.05, 3.63) is 34.9 Å². The van der Waals surface area contributed by atoms with Crippen LogP contribution in [0.5, 0.6) is 0 Å². The maximum absolute atomic E-state index is 12.3. The van der Waals surface area contributed by atoms with Gasteiger partial charge in [0, 0.05) is 11.5 Å². The van der Waals surface area contributed by atoms with E-state index < -0.39 is 35.7 Å². The lowest BCUT2D eigenvalue weighted by molar-refractivity contribution is -0.141. The number of hydrogen-bond acceptors (Lipinski definition) is 5. The highest BCUT2D eigenvalue weighted by molar-refractivity contribution is 7.99. The van der Waals surface area contributed by atoms with Crippen molar-refractivity contribution < 1.29 is 24.2 Å². The van der Waals surface area contributed by atoms with Crippen LogP contribution in [0.3, 0.4) is 0 Å². The number of rotatable bonds is 14. The van der Waals surface area contributed by atoms with Crippen molar-refractivity contribution >= 4 is 29.7 Å². The second kappa shape index (κ2) is 16.4. The Morgan fingerprint density at radius 3 is 2.03 bits per heavy atom. The van der Waals surface area contributed by atoms with Gasteiger partial charge >= 0.3 is 12.1 Å². The number of alkyl carbamates (subject to hydrolysis) is 1. The number of aliphatic carboxylic acids is 1. The highest BCUT2D eigenvalue weighted by atomic mass is 32.2. The van der Waals surface area contributed by atoms with Crippen LogP contribution in [0.1, 0.15) is 81.1 Å². The van der Waals surface area contributed by atoms with Crippen molar-refractivity contribution in [2.24, 2.45) is 0 Å². The molecule has 0 saturated carbocycles. The van der Waals surface area contributed by atoms with Crippen molar-refractivity contribution in [3.63, 3.8) is 0 Å². The number of ether oxygens (including phenoxy) is 1. The van der Waals surface area contributed by atoms with E-state index in [2.05, 4.69) is 56.6 Å². The molecular formula is C26H44N2O5S. The van der Waals surface area contributed by atoms with Crippen LogP contribution in [0.2, 0.25) is 0 Å². The molecule has 0 aromatic carbocycles. The van der Waals surface area contributed by atoms with Crippen LogP contribution in [0.15, 0.2) is 34.9 Å². The molecule has 0 unspecified atom stereocenters. The van der Waals surface area contributed by atoms with Gasteiger partial charge in [0.25, 0.3) is 0 Å². The maximum Gasteiger partial charge on any atom is 0.408 e. The molecule has 0 radical (unpaired) electrons. The number of carboxylic acids is 1. The molecule has 0 aromatic heterocycles. The predicted octanol–water partition coefficient (Wildman–Crippen LogP) is 5.62. The molecule has 7 nitrogen and oxygen atoms in total. The minimum absolute atomic E-state index is 0.230. The van der Waals surface area contributed by atoms with Gasteiger partial charge in [0.1, 0.15) is 17.7 Å². The van der Waals surface area contributed by atoms with E-state index in [1.54, 1.807) is 20.8 Å². The van der Waals surface area contributed by atoms with Crippen LogP contribution in [-0.4, -0.2) is 52.3 Å². The first-order valence-corrected chi connectivity index (χ1v) is 12.9. The number of nitrogens with one attached hydrogen (secondary N) is 2. The fraction of sp³-hybridized carbons (Fsp3) is 0.654. The predicted molar refractivity (Wildman–Crippen MR) is 141 cm³/mol. The van der Waals surface area contributed by atoms with E-state index in [1.807, 2.05) is 0 Å². The van der Waals surface area contributed by atoms with Gasteiger partial charge in [-0.1, -0.05) is 34.9 Å². The van der Waals surface area contributed by atoms with E-state index in [1.165, 1.54) is 35.4 Å². The molecule has 0 heterocycles. The third kappa shape index (κ3) is 17.3. The summed E-state index contributed by atoms with van der Waals surface area (Å²) in [4.78, 5) is 35.6. The Morgan fingerprint density at radius 2 is 1.50 bits per heavy atom. The Hall–Kier alpha value is -2.22. The third-order valence-corrected chi connectivity index (χ3v) is 5.67. The van der Waals surface area contributed by atoms with Crippen LogP contribution in [-0.2, 0) is 14.3 Å². The number of allylic oxidation sites excluding steroid dienone is 5. The summed E-state index contributed by atoms with van der Waals surface area (Å²) in [6.45, 7) is 15.1. The molecule has 0 bridgehead atoms. The molecule has 8 heteroatoms. The van der Waals surface area contributed by atoms with E-state index in [-0.39, 0.29) is 5.75 Å². The molecule has 194 valence electrons. The summed E-state index contributed by atoms with van der Waals surface area (Å²) < 4.78 is 5.12. The van der Waals surface area contributed by atoms with Crippen LogP contribution in [0.4, 0.5) is 4.79 Å². The van der Waals surface area contributed by atoms with E-state index in [4.69, 9.17) is 4.74 Å². The standard InChI is InChI=1S/C26H44N2O5S/c1-18(2)11-9-12-19(3)13-10-14-20(4)15-16-34-17-22(24(30)31)28-23(29)21(5)27-25(32)33-26(6,7)8/h11,13,15,21-22H,9-10,12,14,16-17H2,1-8H3,(H,27,32)(H,28,29)(H,30,31)/b19-13+,20-15+/t21-,22-/m0/s1. The normalized spacial score (nSPS) is 14.1. The molecule has 0 aliphatic heterocycles. The molecule has 2 amide bonds. The first kappa shape index (κ1) is 31.8. The zero-order valence-corrected chi connectivity index (χ0v) is 22.9. The van der Waals surface area contributed by atoms with E-state index in [0.717, 1.165) is 25.7 Å². The number of amides is 2. The average molecular weight is 497 g/mol. The van der Waals surface area contributed by atoms with Crippen molar-refractivity contribution in [1.82, 2.24) is 10.6 Å². The molecule has 0 aromatic rings. The topological polar surface area (TPSA) is 105 Å². The number of thioether (sulfide) groups is 1. The summed E-state index contributed by atoms with van der Waals surface area (Å²) in [6, 6.07) is -1.96. The summed E-state index contributed by atoms with van der Waals surface area (Å²) in [6.07, 6.45) is 10.0. The van der Waals surface area contributed by atoms with Crippen molar-refractivity contribution in [2.75, 3.05) is 11.5 Å². The number of carbonyl (C=O) groups is 3. The van der Waals surface area contributed by atoms with Crippen molar-refractivity contribution in [2.45, 2.75) is 98.8 Å². The van der Waals surface area contributed by atoms with Gasteiger partial charge < -0.3 is 20.5 Å². The van der Waals surface area contributed by atoms with Gasteiger partial charge in [-0.3, -0.25) is 4.79 Å². The van der Waals surface area contributed by atoms with Crippen molar-refractivity contribution in [3.8, 4) is 0 Å². The summed E-state index contributed by atoms with van der Waals surface area (Å²) in [5.74, 6) is -0.787. The summed E-state index contributed by atoms with van der Waals surface area (Å²) in [5, 5.41) is 14.3. The van der Waals surface area contributed by atoms with Crippen LogP contribution in [0.25, 0.3) is 0 Å². The lowest BCUT2D eigenvalue weighted by atomic mass is 10.1. The molecule has 3 N–H and O–H groups in total. The first-order chi connectivity index (χ1) is 15.7. The zero-order chi connectivity index (χ0) is 26.3. The fourth-order valence-electron chi connectivity index (χ4n) is 2.75. The molecule has 0 aliphatic carbocycles. The van der Waals surface area contributed by atoms with Gasteiger partial charge in [-0.05, 0) is 81.1 Å². The third-order valence-electron chi connectivity index (χ3n) is 4.70. The van der Waals surface area contributed by atoms with Gasteiger partial charge in [-0.2, -0.15) is 11.8 Å². The highest BCUT2D eigenvalue weighted by Crippen LogP contribution is 2.13.